The quantitative estimate of drug-likeness (QED) is 0.0955. The molecule has 3 fully saturated rings. The van der Waals surface area contributed by atoms with Crippen LogP contribution in [0.25, 0.3) is 33.6 Å². The van der Waals surface area contributed by atoms with Crippen molar-refractivity contribution in [1.29, 1.82) is 0 Å². The average molecular weight is 1710 g/mol. The molecule has 20 rings (SSSR count). The van der Waals surface area contributed by atoms with Crippen molar-refractivity contribution in [3.63, 3.8) is 0 Å². The van der Waals surface area contributed by atoms with Crippen LogP contribution in [-0.4, -0.2) is 180 Å². The lowest BCUT2D eigenvalue weighted by molar-refractivity contribution is 0.0773. The van der Waals surface area contributed by atoms with Crippen molar-refractivity contribution in [3.8, 4) is 28.6 Å². The summed E-state index contributed by atoms with van der Waals surface area (Å²) in [6.45, 7) is 4.63. The van der Waals surface area contributed by atoms with E-state index < -0.39 is 0 Å². The molecule has 0 saturated carbocycles. The van der Waals surface area contributed by atoms with E-state index >= 15 is 0 Å². The molecule has 14 aromatic rings. The summed E-state index contributed by atoms with van der Waals surface area (Å²) in [6.07, 6.45) is 14.7. The van der Waals surface area contributed by atoms with E-state index in [4.69, 9.17) is 66.1 Å². The number of hydrogen-bond acceptors (Lipinski definition) is 23. The van der Waals surface area contributed by atoms with Crippen molar-refractivity contribution < 1.29 is 23.9 Å². The molecule has 9 aromatic heterocycles. The number of ether oxygens (including phenoxy) is 2. The van der Waals surface area contributed by atoms with Crippen LogP contribution in [0, 0.1) is 0 Å². The van der Waals surface area contributed by atoms with Gasteiger partial charge in [0.05, 0.1) is 84.5 Å². The zero-order valence-electron chi connectivity index (χ0n) is 66.2. The predicted octanol–water partition coefficient (Wildman–Crippen LogP) is 11.8. The van der Waals surface area contributed by atoms with Crippen LogP contribution < -0.4 is 56.4 Å². The fourth-order valence-corrected chi connectivity index (χ4v) is 17.1. The van der Waals surface area contributed by atoms with Gasteiger partial charge in [-0.1, -0.05) is 125 Å². The molecule has 32 nitrogen and oxygen atoms in total. The third-order valence-corrected chi connectivity index (χ3v) is 23.3. The zero-order valence-corrected chi connectivity index (χ0v) is 69.2. The van der Waals surface area contributed by atoms with Gasteiger partial charge in [-0.05, 0) is 135 Å². The molecule has 0 spiro atoms. The number of anilines is 5. The molecule has 3 amide bonds. The summed E-state index contributed by atoms with van der Waals surface area (Å²) in [5, 5.41) is 22.3. The van der Waals surface area contributed by atoms with Crippen LogP contribution in [0.2, 0.25) is 20.2 Å². The van der Waals surface area contributed by atoms with Gasteiger partial charge < -0.3 is 54.4 Å². The molecule has 6 aliphatic rings. The van der Waals surface area contributed by atoms with Crippen LogP contribution in [-0.2, 0) is 13.1 Å². The van der Waals surface area contributed by atoms with Gasteiger partial charge in [-0.2, -0.15) is 15.3 Å². The molecule has 121 heavy (non-hydrogen) atoms. The number of amides is 3. The first-order valence-electron chi connectivity index (χ1n) is 39.1. The zero-order chi connectivity index (χ0) is 83.9. The van der Waals surface area contributed by atoms with Gasteiger partial charge in [-0.25, -0.2) is 43.5 Å². The number of rotatable bonds is 14. The smallest absolute Gasteiger partial charge is 0.284 e. The van der Waals surface area contributed by atoms with Crippen LogP contribution in [0.1, 0.15) is 116 Å². The largest absolute Gasteiger partial charge is 0.497 e. The molecule has 36 heteroatoms. The Balaban J connectivity index is 0.000000120. The van der Waals surface area contributed by atoms with Crippen molar-refractivity contribution in [3.05, 3.63) is 292 Å². The average Bonchev–Trinajstić information content (AvgIpc) is 1.61. The molecule has 5 aromatic carbocycles. The lowest BCUT2D eigenvalue weighted by Gasteiger charge is -2.37. The molecule has 0 aliphatic carbocycles. The summed E-state index contributed by atoms with van der Waals surface area (Å²) in [6, 6.07) is 48.5. The van der Waals surface area contributed by atoms with Crippen LogP contribution in [0.4, 0.5) is 29.1 Å². The Kier molecular flexibility index (Phi) is 22.7. The monoisotopic (exact) mass is 1700 g/mol. The Morgan fingerprint density at radius 3 is 1.26 bits per heavy atom. The number of fused-ring (bicyclic) bond motifs is 6. The van der Waals surface area contributed by atoms with Crippen molar-refractivity contribution in [2.75, 3.05) is 99.9 Å². The molecule has 0 radical (unpaired) electrons. The van der Waals surface area contributed by atoms with Gasteiger partial charge in [0.25, 0.3) is 34.4 Å². The van der Waals surface area contributed by atoms with Crippen LogP contribution in [0.5, 0.6) is 11.5 Å². The van der Waals surface area contributed by atoms with Gasteiger partial charge in [-0.3, -0.25) is 42.5 Å². The van der Waals surface area contributed by atoms with Gasteiger partial charge in [-0.15, -0.1) is 0 Å². The Morgan fingerprint density at radius 2 is 0.818 bits per heavy atom. The van der Waals surface area contributed by atoms with E-state index in [1.807, 2.05) is 144 Å². The van der Waals surface area contributed by atoms with Crippen LogP contribution >= 0.6 is 46.4 Å². The van der Waals surface area contributed by atoms with E-state index in [9.17, 15) is 28.8 Å². The van der Waals surface area contributed by atoms with Gasteiger partial charge >= 0.3 is 0 Å². The standard InChI is InChI=1S/C31H29ClN8O3.C23H21ClN8O2.C16H15ClN4O.C15H15ClN4O2/c1-36-19-37(17-20-10-12-22(43-2)13-11-20)28-25(30(36)41)29(34-18-33-28)38-15-6-9-24(38)27-35-39-16-14-23(32)26(39)31(42)40(27)21-7-4-3-5-8-21;1-29-13-27-19-17(22(29)33)21(26-12-25-19)30-10-5-8-16(30)20-28-31-11-9-15(24)18(31)23(34)32(20)14-6-3-2-4-7-14;17-12-8-10-20-14(12)16(22)21(11-5-2-1-3-6-11)15(19-20)13-7-4-9-18-13;1-19-9-20(7-10-3-5-11(22-2)6-4-10)14-12(15(19)21)13(16)17-8-18-14/h3-5,7-8,10-14,16,18,24H,6,9,15,17,19H2,1-2H3;2-4,6-7,9,11-12,16H,5,8,10,13H2,1H3,(H,25,26,27);1-3,5-6,8,10,13,18H,4,7,9H2;3-6,8H,7,9H2,1-2H3/t;;13-;/m..0./s1. The lowest BCUT2D eigenvalue weighted by Crippen LogP contribution is -2.46. The Morgan fingerprint density at radius 1 is 0.421 bits per heavy atom. The van der Waals surface area contributed by atoms with Crippen molar-refractivity contribution in [2.45, 2.75) is 69.7 Å². The normalized spacial score (nSPS) is 16.8. The number of methoxy groups -OCH3 is 2. The van der Waals surface area contributed by atoms with Crippen molar-refractivity contribution in [1.82, 2.24) is 92.5 Å². The Labute approximate surface area is 711 Å². The number of carbonyl (C=O) groups is 3. The van der Waals surface area contributed by atoms with Crippen LogP contribution in [0.15, 0.2) is 210 Å². The number of hydrogen-bond donors (Lipinski definition) is 2. The van der Waals surface area contributed by atoms with Gasteiger partial charge in [0.2, 0.25) is 0 Å². The molecule has 2 unspecified atom stereocenters. The summed E-state index contributed by atoms with van der Waals surface area (Å²) in [4.78, 5) is 119. The highest BCUT2D eigenvalue weighted by molar-refractivity contribution is 6.35. The minimum atomic E-state index is -0.326. The van der Waals surface area contributed by atoms with Gasteiger partial charge in [0.1, 0.15) is 98.0 Å². The van der Waals surface area contributed by atoms with E-state index in [2.05, 4.69) is 60.3 Å². The third-order valence-electron chi connectivity index (χ3n) is 22.1. The number of benzene rings is 5. The number of aromatic nitrogens is 15. The predicted molar refractivity (Wildman–Crippen MR) is 460 cm³/mol. The maximum absolute atomic E-state index is 13.9. The number of halogens is 4. The van der Waals surface area contributed by atoms with E-state index in [0.717, 1.165) is 79.2 Å². The fraction of sp³-hybridized carbons (Fsp3) is 0.259. The molecule has 0 bridgehead atoms. The molecule has 6 aliphatic heterocycles. The number of para-hydroxylation sites is 3. The van der Waals surface area contributed by atoms with Crippen LogP contribution in [0.3, 0.4) is 0 Å². The molecule has 3 atom stereocenters. The lowest BCUT2D eigenvalue weighted by atomic mass is 10.1. The van der Waals surface area contributed by atoms with Crippen molar-refractivity contribution in [2.24, 2.45) is 0 Å². The first-order chi connectivity index (χ1) is 58.8. The highest BCUT2D eigenvalue weighted by Crippen LogP contribution is 2.43. The second-order valence-electron chi connectivity index (χ2n) is 29.6. The molecular weight excluding hydrogens is 1630 g/mol. The molecule has 2 N–H and O–H groups in total. The van der Waals surface area contributed by atoms with E-state index in [-0.39, 0.29) is 57.7 Å². The molecule has 616 valence electrons. The maximum atomic E-state index is 13.9. The summed E-state index contributed by atoms with van der Waals surface area (Å²) in [5.74, 6) is 5.70. The topological polar surface area (TPSA) is 312 Å². The number of nitrogens with one attached hydrogen (secondary N) is 2. The minimum Gasteiger partial charge on any atom is -0.497 e. The highest BCUT2D eigenvalue weighted by Gasteiger charge is 2.42. The van der Waals surface area contributed by atoms with Gasteiger partial charge in [0.15, 0.2) is 17.5 Å². The second kappa shape index (κ2) is 34.2. The molecule has 15 heterocycles. The van der Waals surface area contributed by atoms with Gasteiger partial charge in [0, 0.05) is 65.9 Å². The minimum absolute atomic E-state index is 0.0819. The highest BCUT2D eigenvalue weighted by atomic mass is 35.5. The first kappa shape index (κ1) is 80.2. The Bertz CT molecular complexity index is 6450. The SMILES string of the molecule is CN1CNc2ncnc(N3CCCC3c3nn4ccc(Cl)c4c(=O)n3-c3ccccc3)c2C1=O.COc1ccc(CN2CN(C)C(=O)c3c(Cl)ncnc32)cc1.COc1ccc(CN2CN(C)C(=O)c3c2ncnc3N2CCCC2c2nn3ccc(Cl)c3c(=O)n2-c2ccccc2)cc1.O=c1c2c(Cl)ccn2nc([C@@H]2CCCN2)n1-c1ccccc1. The molecule has 3 saturated heterocycles. The van der Waals surface area contributed by atoms with E-state index in [0.29, 0.717) is 147 Å². The third kappa shape index (κ3) is 15.4. The summed E-state index contributed by atoms with van der Waals surface area (Å²) in [7, 11) is 8.52. The maximum Gasteiger partial charge on any atom is 0.284 e. The number of carbonyl (C=O) groups excluding carboxylic acids is 3. The van der Waals surface area contributed by atoms with E-state index in [1.54, 1.807) is 110 Å². The summed E-state index contributed by atoms with van der Waals surface area (Å²) < 4.78 is 20.0. The van der Waals surface area contributed by atoms with E-state index in [1.165, 1.54) is 23.5 Å². The second-order valence-corrected chi connectivity index (χ2v) is 31.2. The Hall–Kier alpha value is -13.3. The summed E-state index contributed by atoms with van der Waals surface area (Å²) >= 11 is 25.0. The number of nitrogens with zero attached hydrogens (tertiary/aromatic N) is 22. The first-order valence-corrected chi connectivity index (χ1v) is 40.6. The summed E-state index contributed by atoms with van der Waals surface area (Å²) in [5.41, 5.74) is 5.96. The van der Waals surface area contributed by atoms with Crippen molar-refractivity contribution >= 4 is 110 Å². The fourth-order valence-electron chi connectivity index (χ4n) is 16.2. The molecular formula is C85H80Cl4N24O8.